The van der Waals surface area contributed by atoms with Gasteiger partial charge in [0.05, 0.1) is 0 Å². The lowest BCUT2D eigenvalue weighted by Gasteiger charge is -2.39. The Morgan fingerprint density at radius 1 is 1.56 bits per heavy atom. The van der Waals surface area contributed by atoms with Crippen LogP contribution in [0.4, 0.5) is 0 Å². The molecule has 0 radical (unpaired) electrons. The lowest BCUT2D eigenvalue weighted by molar-refractivity contribution is -0.122. The number of rotatable bonds is 3. The van der Waals surface area contributed by atoms with E-state index in [-0.39, 0.29) is 11.9 Å². The molecule has 3 unspecified atom stereocenters. The Morgan fingerprint density at radius 3 is 2.69 bits per heavy atom. The van der Waals surface area contributed by atoms with Crippen LogP contribution >= 0.6 is 0 Å². The molecule has 0 aromatic carbocycles. The summed E-state index contributed by atoms with van der Waals surface area (Å²) in [7, 11) is 0. The van der Waals surface area contributed by atoms with Crippen LogP contribution in [0.3, 0.4) is 0 Å². The van der Waals surface area contributed by atoms with E-state index in [4.69, 9.17) is 5.73 Å². The maximum absolute atomic E-state index is 11.6. The van der Waals surface area contributed by atoms with Gasteiger partial charge in [0.2, 0.25) is 5.91 Å². The second kappa shape index (κ2) is 5.17. The lowest BCUT2D eigenvalue weighted by atomic mass is 9.70. The number of nitrogens with two attached hydrogens (primary N) is 1. The van der Waals surface area contributed by atoms with Crippen molar-refractivity contribution < 1.29 is 4.79 Å². The SMILES string of the molecule is CC(N)CC(=O)NC1CCC(C)(C)CC1C. The molecule has 1 aliphatic carbocycles. The Balaban J connectivity index is 2.41. The Morgan fingerprint density at radius 2 is 2.19 bits per heavy atom. The normalized spacial score (nSPS) is 30.8. The van der Waals surface area contributed by atoms with Gasteiger partial charge < -0.3 is 11.1 Å². The van der Waals surface area contributed by atoms with Crippen LogP contribution in [0.2, 0.25) is 0 Å². The van der Waals surface area contributed by atoms with Crippen LogP contribution in [0.1, 0.15) is 53.4 Å². The van der Waals surface area contributed by atoms with Gasteiger partial charge in [0.1, 0.15) is 0 Å². The highest BCUT2D eigenvalue weighted by Gasteiger charge is 2.32. The average Bonchev–Trinajstić information content (AvgIpc) is 2.07. The molecule has 1 aliphatic rings. The minimum atomic E-state index is -0.0460. The Hall–Kier alpha value is -0.570. The van der Waals surface area contributed by atoms with E-state index in [9.17, 15) is 4.79 Å². The van der Waals surface area contributed by atoms with Crippen molar-refractivity contribution in [2.45, 2.75) is 65.5 Å². The van der Waals surface area contributed by atoms with Crippen molar-refractivity contribution >= 4 is 5.91 Å². The summed E-state index contributed by atoms with van der Waals surface area (Å²) in [5.41, 5.74) is 6.05. The van der Waals surface area contributed by atoms with Crippen LogP contribution in [-0.4, -0.2) is 18.0 Å². The van der Waals surface area contributed by atoms with Gasteiger partial charge in [-0.05, 0) is 37.5 Å². The molecule has 3 N–H and O–H groups in total. The maximum atomic E-state index is 11.6. The number of amides is 1. The minimum Gasteiger partial charge on any atom is -0.353 e. The highest BCUT2D eigenvalue weighted by molar-refractivity contribution is 5.76. The summed E-state index contributed by atoms with van der Waals surface area (Å²) >= 11 is 0. The monoisotopic (exact) mass is 226 g/mol. The summed E-state index contributed by atoms with van der Waals surface area (Å²) in [6.07, 6.45) is 3.92. The van der Waals surface area contributed by atoms with E-state index in [2.05, 4.69) is 26.1 Å². The first kappa shape index (κ1) is 13.5. The second-order valence-electron chi connectivity index (χ2n) is 6.24. The van der Waals surface area contributed by atoms with Crippen molar-refractivity contribution in [2.75, 3.05) is 0 Å². The number of hydrogen-bond donors (Lipinski definition) is 2. The van der Waals surface area contributed by atoms with E-state index >= 15 is 0 Å². The molecule has 0 aromatic rings. The third kappa shape index (κ3) is 4.12. The van der Waals surface area contributed by atoms with E-state index in [0.717, 1.165) is 6.42 Å². The number of hydrogen-bond acceptors (Lipinski definition) is 2. The first-order chi connectivity index (χ1) is 7.30. The fourth-order valence-corrected chi connectivity index (χ4v) is 2.72. The zero-order valence-corrected chi connectivity index (χ0v) is 11.0. The summed E-state index contributed by atoms with van der Waals surface area (Å²) < 4.78 is 0. The van der Waals surface area contributed by atoms with Gasteiger partial charge in [-0.3, -0.25) is 4.79 Å². The van der Waals surface area contributed by atoms with E-state index in [1.165, 1.54) is 12.8 Å². The molecule has 1 fully saturated rings. The van der Waals surface area contributed by atoms with Crippen LogP contribution in [0.5, 0.6) is 0 Å². The molecular weight excluding hydrogens is 200 g/mol. The molecule has 94 valence electrons. The van der Waals surface area contributed by atoms with Gasteiger partial charge in [-0.1, -0.05) is 20.8 Å². The predicted octanol–water partition coefficient (Wildman–Crippen LogP) is 2.05. The molecule has 1 amide bonds. The highest BCUT2D eigenvalue weighted by Crippen LogP contribution is 2.38. The van der Waals surface area contributed by atoms with Crippen molar-refractivity contribution in [2.24, 2.45) is 17.1 Å². The van der Waals surface area contributed by atoms with Gasteiger partial charge in [-0.25, -0.2) is 0 Å². The summed E-state index contributed by atoms with van der Waals surface area (Å²) in [5.74, 6) is 0.673. The largest absolute Gasteiger partial charge is 0.353 e. The quantitative estimate of drug-likeness (QED) is 0.774. The Kier molecular flexibility index (Phi) is 4.36. The zero-order chi connectivity index (χ0) is 12.3. The van der Waals surface area contributed by atoms with Gasteiger partial charge in [-0.2, -0.15) is 0 Å². The molecule has 0 aliphatic heterocycles. The van der Waals surface area contributed by atoms with Crippen molar-refractivity contribution in [3.8, 4) is 0 Å². The molecule has 1 saturated carbocycles. The van der Waals surface area contributed by atoms with Crippen LogP contribution in [-0.2, 0) is 4.79 Å². The first-order valence-electron chi connectivity index (χ1n) is 6.35. The Labute approximate surface area is 99.2 Å². The topological polar surface area (TPSA) is 55.1 Å². The molecule has 0 saturated heterocycles. The van der Waals surface area contributed by atoms with E-state index in [1.54, 1.807) is 0 Å². The van der Waals surface area contributed by atoms with Gasteiger partial charge >= 0.3 is 0 Å². The number of nitrogens with one attached hydrogen (secondary N) is 1. The first-order valence-corrected chi connectivity index (χ1v) is 6.35. The highest BCUT2D eigenvalue weighted by atomic mass is 16.1. The zero-order valence-electron chi connectivity index (χ0n) is 11.0. The average molecular weight is 226 g/mol. The molecule has 16 heavy (non-hydrogen) atoms. The van der Waals surface area contributed by atoms with E-state index in [1.807, 2.05) is 6.92 Å². The fourth-order valence-electron chi connectivity index (χ4n) is 2.72. The minimum absolute atomic E-state index is 0.0460. The van der Waals surface area contributed by atoms with Crippen LogP contribution < -0.4 is 11.1 Å². The molecule has 3 heteroatoms. The summed E-state index contributed by atoms with van der Waals surface area (Å²) in [6, 6.07) is 0.301. The van der Waals surface area contributed by atoms with Crippen LogP contribution in [0.25, 0.3) is 0 Å². The summed E-state index contributed by atoms with van der Waals surface area (Å²) in [6.45, 7) is 8.72. The van der Waals surface area contributed by atoms with Crippen molar-refractivity contribution in [3.05, 3.63) is 0 Å². The third-order valence-electron chi connectivity index (χ3n) is 3.55. The maximum Gasteiger partial charge on any atom is 0.221 e. The third-order valence-corrected chi connectivity index (χ3v) is 3.55. The van der Waals surface area contributed by atoms with Crippen LogP contribution in [0.15, 0.2) is 0 Å². The summed E-state index contributed by atoms with van der Waals surface area (Å²) in [4.78, 5) is 11.6. The second-order valence-corrected chi connectivity index (χ2v) is 6.24. The van der Waals surface area contributed by atoms with Crippen LogP contribution in [0, 0.1) is 11.3 Å². The van der Waals surface area contributed by atoms with Gasteiger partial charge in [0.25, 0.3) is 0 Å². The van der Waals surface area contributed by atoms with E-state index < -0.39 is 0 Å². The fraction of sp³-hybridized carbons (Fsp3) is 0.923. The standard InChI is InChI=1S/C13H26N2O/c1-9-8-13(3,4)6-5-11(9)15-12(16)7-10(2)14/h9-11H,5-8,14H2,1-4H3,(H,15,16). The molecule has 0 bridgehead atoms. The molecule has 1 rings (SSSR count). The molecular formula is C13H26N2O. The Bertz CT molecular complexity index is 248. The predicted molar refractivity (Wildman–Crippen MR) is 67.0 cm³/mol. The van der Waals surface area contributed by atoms with Crippen molar-refractivity contribution in [1.29, 1.82) is 0 Å². The molecule has 3 nitrogen and oxygen atoms in total. The lowest BCUT2D eigenvalue weighted by Crippen LogP contribution is -2.45. The number of carbonyl (C=O) groups is 1. The molecule has 0 aromatic heterocycles. The van der Waals surface area contributed by atoms with Gasteiger partial charge in [-0.15, -0.1) is 0 Å². The molecule has 0 spiro atoms. The smallest absolute Gasteiger partial charge is 0.221 e. The van der Waals surface area contributed by atoms with Crippen molar-refractivity contribution in [1.82, 2.24) is 5.32 Å². The van der Waals surface area contributed by atoms with Crippen molar-refractivity contribution in [3.63, 3.8) is 0 Å². The van der Waals surface area contributed by atoms with E-state index in [0.29, 0.717) is 23.8 Å². The van der Waals surface area contributed by atoms with Gasteiger partial charge in [0, 0.05) is 18.5 Å². The summed E-state index contributed by atoms with van der Waals surface area (Å²) in [5, 5.41) is 3.12. The van der Waals surface area contributed by atoms with Gasteiger partial charge in [0.15, 0.2) is 0 Å². The molecule has 3 atom stereocenters. The molecule has 0 heterocycles. The number of carbonyl (C=O) groups excluding carboxylic acids is 1.